The number of aromatic nitrogens is 5. The number of benzene rings is 2. The van der Waals surface area contributed by atoms with Crippen molar-refractivity contribution in [3.63, 3.8) is 0 Å². The SMILES string of the molecule is Cc1ccc(-c2nnc(SCc3nc4ccccc4nc3C)n2C)cc1. The summed E-state index contributed by atoms with van der Waals surface area (Å²) in [7, 11) is 2.00. The summed E-state index contributed by atoms with van der Waals surface area (Å²) >= 11 is 1.63. The largest absolute Gasteiger partial charge is 0.305 e. The molecule has 4 aromatic rings. The summed E-state index contributed by atoms with van der Waals surface area (Å²) in [6.45, 7) is 4.08. The quantitative estimate of drug-likeness (QED) is 0.506. The van der Waals surface area contributed by atoms with Gasteiger partial charge in [-0.2, -0.15) is 0 Å². The van der Waals surface area contributed by atoms with E-state index in [-0.39, 0.29) is 0 Å². The number of nitrogens with zero attached hydrogens (tertiary/aromatic N) is 5. The summed E-state index contributed by atoms with van der Waals surface area (Å²) < 4.78 is 2.03. The van der Waals surface area contributed by atoms with E-state index in [9.17, 15) is 0 Å². The maximum Gasteiger partial charge on any atom is 0.191 e. The Hall–Kier alpha value is -2.73. The Morgan fingerprint density at radius 3 is 2.31 bits per heavy atom. The molecule has 0 unspecified atom stereocenters. The van der Waals surface area contributed by atoms with Gasteiger partial charge in [-0.1, -0.05) is 53.7 Å². The van der Waals surface area contributed by atoms with Crippen molar-refractivity contribution in [1.29, 1.82) is 0 Å². The van der Waals surface area contributed by atoms with Crippen molar-refractivity contribution in [2.45, 2.75) is 24.8 Å². The van der Waals surface area contributed by atoms with Gasteiger partial charge in [0.15, 0.2) is 11.0 Å². The predicted molar refractivity (Wildman–Crippen MR) is 105 cm³/mol. The van der Waals surface area contributed by atoms with Crippen LogP contribution in [-0.2, 0) is 12.8 Å². The van der Waals surface area contributed by atoms with Gasteiger partial charge >= 0.3 is 0 Å². The van der Waals surface area contributed by atoms with Crippen LogP contribution in [0.2, 0.25) is 0 Å². The first-order valence-corrected chi connectivity index (χ1v) is 9.42. The van der Waals surface area contributed by atoms with E-state index in [0.717, 1.165) is 39.0 Å². The molecule has 0 saturated carbocycles. The molecule has 0 radical (unpaired) electrons. The molecule has 5 nitrogen and oxygen atoms in total. The highest BCUT2D eigenvalue weighted by atomic mass is 32.2. The molecule has 0 aliphatic carbocycles. The van der Waals surface area contributed by atoms with Crippen molar-refractivity contribution >= 4 is 22.8 Å². The second kappa shape index (κ2) is 6.88. The third-order valence-electron chi connectivity index (χ3n) is 4.33. The normalized spacial score (nSPS) is 11.2. The van der Waals surface area contributed by atoms with E-state index in [2.05, 4.69) is 46.4 Å². The average molecular weight is 361 g/mol. The Bertz CT molecular complexity index is 1070. The van der Waals surface area contributed by atoms with Crippen molar-refractivity contribution < 1.29 is 0 Å². The van der Waals surface area contributed by atoms with Crippen LogP contribution in [0.5, 0.6) is 0 Å². The maximum atomic E-state index is 4.75. The molecule has 0 atom stereocenters. The van der Waals surface area contributed by atoms with Crippen molar-refractivity contribution in [3.8, 4) is 11.4 Å². The lowest BCUT2D eigenvalue weighted by Gasteiger charge is -2.07. The molecule has 0 saturated heterocycles. The van der Waals surface area contributed by atoms with Gasteiger partial charge in [-0.3, -0.25) is 0 Å². The van der Waals surface area contributed by atoms with Gasteiger partial charge in [0.2, 0.25) is 0 Å². The van der Waals surface area contributed by atoms with Crippen LogP contribution in [-0.4, -0.2) is 24.7 Å². The van der Waals surface area contributed by atoms with Crippen LogP contribution in [0.1, 0.15) is 17.0 Å². The molecule has 2 aromatic heterocycles. The molecule has 130 valence electrons. The Morgan fingerprint density at radius 1 is 0.885 bits per heavy atom. The van der Waals surface area contributed by atoms with Gasteiger partial charge in [-0.05, 0) is 26.0 Å². The number of thioether (sulfide) groups is 1. The number of hydrogen-bond donors (Lipinski definition) is 0. The minimum atomic E-state index is 0.712. The van der Waals surface area contributed by atoms with Gasteiger partial charge in [0.25, 0.3) is 0 Å². The predicted octanol–water partition coefficient (Wildman–Crippen LogP) is 4.33. The highest BCUT2D eigenvalue weighted by molar-refractivity contribution is 7.98. The van der Waals surface area contributed by atoms with Crippen LogP contribution in [0.25, 0.3) is 22.4 Å². The van der Waals surface area contributed by atoms with Crippen LogP contribution in [0.4, 0.5) is 0 Å². The number of fused-ring (bicyclic) bond motifs is 1. The van der Waals surface area contributed by atoms with Crippen molar-refractivity contribution in [1.82, 2.24) is 24.7 Å². The zero-order chi connectivity index (χ0) is 18.1. The lowest BCUT2D eigenvalue weighted by atomic mass is 10.1. The zero-order valence-corrected chi connectivity index (χ0v) is 15.8. The lowest BCUT2D eigenvalue weighted by Crippen LogP contribution is -1.99. The molecule has 4 rings (SSSR count). The number of para-hydroxylation sites is 2. The fraction of sp³-hybridized carbons (Fsp3) is 0.200. The molecule has 0 aliphatic heterocycles. The Labute approximate surface area is 156 Å². The summed E-state index contributed by atoms with van der Waals surface area (Å²) in [6.07, 6.45) is 0. The highest BCUT2D eigenvalue weighted by Crippen LogP contribution is 2.26. The number of aryl methyl sites for hydroxylation is 2. The topological polar surface area (TPSA) is 56.5 Å². The fourth-order valence-corrected chi connectivity index (χ4v) is 3.71. The van der Waals surface area contributed by atoms with E-state index in [4.69, 9.17) is 4.98 Å². The van der Waals surface area contributed by atoms with Crippen LogP contribution in [0, 0.1) is 13.8 Å². The number of hydrogen-bond acceptors (Lipinski definition) is 5. The van der Waals surface area contributed by atoms with Gasteiger partial charge in [0.05, 0.1) is 22.4 Å². The van der Waals surface area contributed by atoms with Crippen molar-refractivity contribution in [2.75, 3.05) is 0 Å². The van der Waals surface area contributed by atoms with Crippen molar-refractivity contribution in [3.05, 3.63) is 65.5 Å². The summed E-state index contributed by atoms with van der Waals surface area (Å²) in [4.78, 5) is 9.41. The van der Waals surface area contributed by atoms with Crippen LogP contribution < -0.4 is 0 Å². The van der Waals surface area contributed by atoms with Gasteiger partial charge in [-0.15, -0.1) is 10.2 Å². The Morgan fingerprint density at radius 2 is 1.58 bits per heavy atom. The second-order valence-corrected chi connectivity index (χ2v) is 7.21. The van der Waals surface area contributed by atoms with E-state index in [1.165, 1.54) is 5.56 Å². The van der Waals surface area contributed by atoms with E-state index < -0.39 is 0 Å². The third-order valence-corrected chi connectivity index (χ3v) is 5.36. The summed E-state index contributed by atoms with van der Waals surface area (Å²) in [6, 6.07) is 16.3. The lowest BCUT2D eigenvalue weighted by molar-refractivity contribution is 0.793. The van der Waals surface area contributed by atoms with Crippen molar-refractivity contribution in [2.24, 2.45) is 7.05 Å². The highest BCUT2D eigenvalue weighted by Gasteiger charge is 2.13. The molecule has 0 spiro atoms. The van der Waals surface area contributed by atoms with E-state index in [0.29, 0.717) is 5.75 Å². The number of rotatable bonds is 4. The Balaban J connectivity index is 1.57. The first-order valence-electron chi connectivity index (χ1n) is 8.43. The minimum Gasteiger partial charge on any atom is -0.305 e. The molecule has 2 aromatic carbocycles. The standard InChI is InChI=1S/C20H19N5S/c1-13-8-10-15(11-9-13)19-23-24-20(25(19)3)26-12-18-14(2)21-16-6-4-5-7-17(16)22-18/h4-11H,12H2,1-3H3. The fourth-order valence-electron chi connectivity index (χ4n) is 2.79. The second-order valence-electron chi connectivity index (χ2n) is 6.26. The first kappa shape index (κ1) is 16.7. The van der Waals surface area contributed by atoms with Gasteiger partial charge < -0.3 is 4.57 Å². The van der Waals surface area contributed by atoms with E-state index in [1.54, 1.807) is 11.8 Å². The van der Waals surface area contributed by atoms with E-state index >= 15 is 0 Å². The monoisotopic (exact) mass is 361 g/mol. The molecule has 0 bridgehead atoms. The maximum absolute atomic E-state index is 4.75. The average Bonchev–Trinajstić information content (AvgIpc) is 3.01. The molecule has 2 heterocycles. The summed E-state index contributed by atoms with van der Waals surface area (Å²) in [5, 5.41) is 9.58. The van der Waals surface area contributed by atoms with Gasteiger partial charge in [0.1, 0.15) is 0 Å². The minimum absolute atomic E-state index is 0.712. The van der Waals surface area contributed by atoms with Crippen LogP contribution >= 0.6 is 11.8 Å². The van der Waals surface area contributed by atoms with Gasteiger partial charge in [-0.25, -0.2) is 9.97 Å². The smallest absolute Gasteiger partial charge is 0.191 e. The van der Waals surface area contributed by atoms with Crippen LogP contribution in [0.3, 0.4) is 0 Å². The molecule has 0 N–H and O–H groups in total. The Kier molecular flexibility index (Phi) is 4.42. The van der Waals surface area contributed by atoms with Crippen LogP contribution in [0.15, 0.2) is 53.7 Å². The molecule has 0 fully saturated rings. The molecular formula is C20H19N5S. The molecule has 6 heteroatoms. The molecule has 0 amide bonds. The molecular weight excluding hydrogens is 342 g/mol. The third kappa shape index (κ3) is 3.20. The summed E-state index contributed by atoms with van der Waals surface area (Å²) in [5.41, 5.74) is 6.09. The first-order chi connectivity index (χ1) is 12.6. The van der Waals surface area contributed by atoms with E-state index in [1.807, 2.05) is 42.8 Å². The molecule has 26 heavy (non-hydrogen) atoms. The molecule has 0 aliphatic rings. The van der Waals surface area contributed by atoms with Gasteiger partial charge in [0, 0.05) is 18.4 Å². The zero-order valence-electron chi connectivity index (χ0n) is 15.0. The summed E-state index contributed by atoms with van der Waals surface area (Å²) in [5.74, 6) is 1.58.